The van der Waals surface area contributed by atoms with Crippen LogP contribution in [-0.2, 0) is 16.6 Å². The van der Waals surface area contributed by atoms with Gasteiger partial charge in [0.1, 0.15) is 5.76 Å². The maximum Gasteiger partial charge on any atom is 0.273 e. The summed E-state index contributed by atoms with van der Waals surface area (Å²) in [5, 5.41) is 3.19. The molecule has 1 aromatic heterocycles. The van der Waals surface area contributed by atoms with Gasteiger partial charge in [0.05, 0.1) is 6.54 Å². The largest absolute Gasteiger partial charge is 0.447 e. The average Bonchev–Trinajstić information content (AvgIpc) is 2.73. The second-order valence-corrected chi connectivity index (χ2v) is 7.10. The lowest BCUT2D eigenvalue weighted by molar-refractivity contribution is 0.314. The maximum atomic E-state index is 12.0. The second kappa shape index (κ2) is 6.07. The first kappa shape index (κ1) is 14.6. The Morgan fingerprint density at radius 2 is 2.11 bits per heavy atom. The Kier molecular flexibility index (Phi) is 4.65. The number of rotatable bonds is 7. The summed E-state index contributed by atoms with van der Waals surface area (Å²) < 4.78 is 32.0. The number of furan rings is 1. The molecule has 108 valence electrons. The van der Waals surface area contributed by atoms with Gasteiger partial charge in [-0.15, -0.1) is 0 Å². The zero-order valence-electron chi connectivity index (χ0n) is 11.5. The van der Waals surface area contributed by atoms with Crippen LogP contribution in [0.15, 0.2) is 21.6 Å². The van der Waals surface area contributed by atoms with E-state index in [9.17, 15) is 8.42 Å². The fraction of sp³-hybridized carbons (Fsp3) is 0.692. The minimum atomic E-state index is -3.49. The Bertz CT molecular complexity index is 504. The summed E-state index contributed by atoms with van der Waals surface area (Å²) in [5.41, 5.74) is 0. The lowest BCUT2D eigenvalue weighted by atomic mass is 9.86. The van der Waals surface area contributed by atoms with E-state index >= 15 is 0 Å². The fourth-order valence-electron chi connectivity index (χ4n) is 1.90. The summed E-state index contributed by atoms with van der Waals surface area (Å²) in [7, 11) is -3.49. The third kappa shape index (κ3) is 4.06. The van der Waals surface area contributed by atoms with E-state index in [0.29, 0.717) is 30.8 Å². The molecule has 1 fully saturated rings. The SMILES string of the molecule is CC(C)NCc1ccc(S(=O)(=O)NCC2CCC2)o1. The summed E-state index contributed by atoms with van der Waals surface area (Å²) in [5.74, 6) is 1.13. The van der Waals surface area contributed by atoms with E-state index in [1.807, 2.05) is 13.8 Å². The first-order valence-corrected chi connectivity index (χ1v) is 8.27. The predicted molar refractivity (Wildman–Crippen MR) is 73.2 cm³/mol. The Labute approximate surface area is 114 Å². The highest BCUT2D eigenvalue weighted by Gasteiger charge is 2.23. The second-order valence-electron chi connectivity index (χ2n) is 5.41. The van der Waals surface area contributed by atoms with Crippen molar-refractivity contribution in [2.24, 2.45) is 5.92 Å². The number of hydrogen-bond donors (Lipinski definition) is 2. The van der Waals surface area contributed by atoms with Crippen molar-refractivity contribution in [1.29, 1.82) is 0 Å². The van der Waals surface area contributed by atoms with Crippen LogP contribution in [-0.4, -0.2) is 21.0 Å². The molecule has 1 aromatic rings. The molecule has 1 saturated carbocycles. The molecule has 0 saturated heterocycles. The molecule has 1 aliphatic carbocycles. The van der Waals surface area contributed by atoms with Crippen LogP contribution in [0.25, 0.3) is 0 Å². The van der Waals surface area contributed by atoms with Gasteiger partial charge in [0.2, 0.25) is 5.09 Å². The van der Waals surface area contributed by atoms with E-state index in [-0.39, 0.29) is 5.09 Å². The predicted octanol–water partition coefficient (Wildman–Crippen LogP) is 1.86. The molecule has 0 radical (unpaired) electrons. The van der Waals surface area contributed by atoms with Crippen LogP contribution in [0.2, 0.25) is 0 Å². The molecule has 5 nitrogen and oxygen atoms in total. The van der Waals surface area contributed by atoms with Crippen molar-refractivity contribution < 1.29 is 12.8 Å². The minimum absolute atomic E-state index is 0.00683. The average molecular weight is 286 g/mol. The van der Waals surface area contributed by atoms with Crippen LogP contribution in [0, 0.1) is 5.92 Å². The zero-order chi connectivity index (χ0) is 13.9. The van der Waals surface area contributed by atoms with Crippen molar-refractivity contribution in [3.63, 3.8) is 0 Å². The van der Waals surface area contributed by atoms with E-state index in [0.717, 1.165) is 12.8 Å². The van der Waals surface area contributed by atoms with Crippen LogP contribution in [0.5, 0.6) is 0 Å². The first-order chi connectivity index (χ1) is 8.97. The van der Waals surface area contributed by atoms with E-state index in [2.05, 4.69) is 10.0 Å². The van der Waals surface area contributed by atoms with Crippen molar-refractivity contribution in [3.8, 4) is 0 Å². The Balaban J connectivity index is 1.91. The van der Waals surface area contributed by atoms with Crippen LogP contribution in [0.4, 0.5) is 0 Å². The molecule has 0 spiro atoms. The minimum Gasteiger partial charge on any atom is -0.447 e. The lowest BCUT2D eigenvalue weighted by Crippen LogP contribution is -2.32. The molecule has 1 heterocycles. The molecular weight excluding hydrogens is 264 g/mol. The van der Waals surface area contributed by atoms with Gasteiger partial charge in [-0.2, -0.15) is 0 Å². The number of nitrogens with one attached hydrogen (secondary N) is 2. The normalized spacial score (nSPS) is 16.8. The van der Waals surface area contributed by atoms with Crippen molar-refractivity contribution in [2.45, 2.75) is 50.8 Å². The number of hydrogen-bond acceptors (Lipinski definition) is 4. The number of sulfonamides is 1. The molecule has 0 aliphatic heterocycles. The summed E-state index contributed by atoms with van der Waals surface area (Å²) in [6.45, 7) is 5.11. The Morgan fingerprint density at radius 3 is 2.68 bits per heavy atom. The van der Waals surface area contributed by atoms with Crippen molar-refractivity contribution >= 4 is 10.0 Å². The van der Waals surface area contributed by atoms with Crippen LogP contribution in [0.1, 0.15) is 38.9 Å². The zero-order valence-corrected chi connectivity index (χ0v) is 12.3. The van der Waals surface area contributed by atoms with E-state index in [1.54, 1.807) is 6.07 Å². The van der Waals surface area contributed by atoms with Gasteiger partial charge in [-0.1, -0.05) is 20.3 Å². The molecule has 2 rings (SSSR count). The van der Waals surface area contributed by atoms with Crippen molar-refractivity contribution in [2.75, 3.05) is 6.54 Å². The standard InChI is InChI=1S/C13H22N2O3S/c1-10(2)14-9-12-6-7-13(18-12)19(16,17)15-8-11-4-3-5-11/h6-7,10-11,14-15H,3-5,8-9H2,1-2H3. The van der Waals surface area contributed by atoms with Crippen LogP contribution in [0.3, 0.4) is 0 Å². The summed E-state index contributed by atoms with van der Waals surface area (Å²) in [6, 6.07) is 3.55. The van der Waals surface area contributed by atoms with E-state index < -0.39 is 10.0 Å². The summed E-state index contributed by atoms with van der Waals surface area (Å²) >= 11 is 0. The molecule has 0 bridgehead atoms. The quantitative estimate of drug-likeness (QED) is 0.802. The van der Waals surface area contributed by atoms with Crippen LogP contribution < -0.4 is 10.0 Å². The maximum absolute atomic E-state index is 12.0. The van der Waals surface area contributed by atoms with Gasteiger partial charge in [-0.3, -0.25) is 0 Å². The van der Waals surface area contributed by atoms with Gasteiger partial charge in [-0.25, -0.2) is 13.1 Å². The van der Waals surface area contributed by atoms with Gasteiger partial charge in [0, 0.05) is 12.6 Å². The highest BCUT2D eigenvalue weighted by atomic mass is 32.2. The molecule has 0 atom stereocenters. The van der Waals surface area contributed by atoms with Crippen LogP contribution >= 0.6 is 0 Å². The molecule has 19 heavy (non-hydrogen) atoms. The van der Waals surface area contributed by atoms with Gasteiger partial charge in [0.25, 0.3) is 10.0 Å². The van der Waals surface area contributed by atoms with E-state index in [1.165, 1.54) is 12.5 Å². The van der Waals surface area contributed by atoms with Gasteiger partial charge < -0.3 is 9.73 Å². The monoisotopic (exact) mass is 286 g/mol. The molecule has 0 aromatic carbocycles. The van der Waals surface area contributed by atoms with Crippen molar-refractivity contribution in [3.05, 3.63) is 17.9 Å². The molecule has 2 N–H and O–H groups in total. The summed E-state index contributed by atoms with van der Waals surface area (Å²) in [6.07, 6.45) is 3.44. The Hall–Kier alpha value is -0.850. The smallest absolute Gasteiger partial charge is 0.273 e. The molecule has 6 heteroatoms. The molecular formula is C13H22N2O3S. The third-order valence-electron chi connectivity index (χ3n) is 3.37. The fourth-order valence-corrected chi connectivity index (χ4v) is 2.96. The first-order valence-electron chi connectivity index (χ1n) is 6.79. The third-order valence-corrected chi connectivity index (χ3v) is 4.67. The highest BCUT2D eigenvalue weighted by Crippen LogP contribution is 2.25. The van der Waals surface area contributed by atoms with Gasteiger partial charge in [-0.05, 0) is 30.9 Å². The van der Waals surface area contributed by atoms with Crippen molar-refractivity contribution in [1.82, 2.24) is 10.0 Å². The molecule has 0 amide bonds. The Morgan fingerprint density at radius 1 is 1.37 bits per heavy atom. The van der Waals surface area contributed by atoms with Gasteiger partial charge >= 0.3 is 0 Å². The van der Waals surface area contributed by atoms with E-state index in [4.69, 9.17) is 4.42 Å². The van der Waals surface area contributed by atoms with Gasteiger partial charge in [0.15, 0.2) is 0 Å². The topological polar surface area (TPSA) is 71.3 Å². The highest BCUT2D eigenvalue weighted by molar-refractivity contribution is 7.89. The molecule has 1 aliphatic rings. The lowest BCUT2D eigenvalue weighted by Gasteiger charge is -2.24. The summed E-state index contributed by atoms with van der Waals surface area (Å²) in [4.78, 5) is 0. The molecule has 0 unspecified atom stereocenters.